The molecule has 0 bridgehead atoms. The molecular weight excluding hydrogens is 144 g/mol. The summed E-state index contributed by atoms with van der Waals surface area (Å²) in [5.41, 5.74) is 0. The molecule has 64 valence electrons. The summed E-state index contributed by atoms with van der Waals surface area (Å²) >= 11 is 0. The minimum Gasteiger partial charge on any atom is -0.367 e. The standard InChI is InChI=1S/C7H14N2O2/c1-8-7(10)6-5-9-3-2-4-11-6/h6,9H,2-5H2,1H3,(H,8,10). The lowest BCUT2D eigenvalue weighted by atomic mass is 10.3. The summed E-state index contributed by atoms with van der Waals surface area (Å²) in [6.07, 6.45) is 0.676. The molecule has 1 aliphatic rings. The van der Waals surface area contributed by atoms with Gasteiger partial charge in [0, 0.05) is 20.2 Å². The number of rotatable bonds is 1. The smallest absolute Gasteiger partial charge is 0.250 e. The van der Waals surface area contributed by atoms with E-state index in [4.69, 9.17) is 4.74 Å². The maximum absolute atomic E-state index is 11.0. The molecule has 0 aromatic carbocycles. The van der Waals surface area contributed by atoms with E-state index < -0.39 is 0 Å². The van der Waals surface area contributed by atoms with Crippen molar-refractivity contribution in [1.82, 2.24) is 10.6 Å². The number of carbonyl (C=O) groups is 1. The summed E-state index contributed by atoms with van der Waals surface area (Å²) in [6, 6.07) is 0. The van der Waals surface area contributed by atoms with Gasteiger partial charge in [-0.05, 0) is 13.0 Å². The fourth-order valence-electron chi connectivity index (χ4n) is 1.04. The number of likely N-dealkylation sites (N-methyl/N-ethyl adjacent to an activating group) is 1. The van der Waals surface area contributed by atoms with Crippen molar-refractivity contribution >= 4 is 5.91 Å². The van der Waals surface area contributed by atoms with Crippen LogP contribution in [0, 0.1) is 0 Å². The number of carbonyl (C=O) groups excluding carboxylic acids is 1. The summed E-state index contributed by atoms with van der Waals surface area (Å²) in [5, 5.41) is 5.69. The molecule has 1 rings (SSSR count). The molecule has 2 N–H and O–H groups in total. The first kappa shape index (κ1) is 8.49. The van der Waals surface area contributed by atoms with Crippen LogP contribution >= 0.6 is 0 Å². The van der Waals surface area contributed by atoms with Crippen LogP contribution in [0.4, 0.5) is 0 Å². The Morgan fingerprint density at radius 3 is 3.27 bits per heavy atom. The first-order valence-electron chi connectivity index (χ1n) is 3.88. The molecule has 1 saturated heterocycles. The molecule has 1 aliphatic heterocycles. The van der Waals surface area contributed by atoms with Gasteiger partial charge in [-0.2, -0.15) is 0 Å². The lowest BCUT2D eigenvalue weighted by molar-refractivity contribution is -0.131. The van der Waals surface area contributed by atoms with Gasteiger partial charge < -0.3 is 15.4 Å². The van der Waals surface area contributed by atoms with Crippen molar-refractivity contribution in [2.45, 2.75) is 12.5 Å². The molecule has 1 heterocycles. The number of amides is 1. The van der Waals surface area contributed by atoms with Gasteiger partial charge in [0.1, 0.15) is 6.10 Å². The van der Waals surface area contributed by atoms with Gasteiger partial charge in [0.15, 0.2) is 0 Å². The molecule has 4 heteroatoms. The van der Waals surface area contributed by atoms with Crippen LogP contribution in [0.3, 0.4) is 0 Å². The lowest BCUT2D eigenvalue weighted by Crippen LogP contribution is -2.39. The second-order valence-corrected chi connectivity index (χ2v) is 2.53. The van der Waals surface area contributed by atoms with E-state index in [0.717, 1.165) is 13.0 Å². The van der Waals surface area contributed by atoms with Gasteiger partial charge in [-0.15, -0.1) is 0 Å². The van der Waals surface area contributed by atoms with Crippen molar-refractivity contribution in [2.24, 2.45) is 0 Å². The predicted molar refractivity (Wildman–Crippen MR) is 41.3 cm³/mol. The highest BCUT2D eigenvalue weighted by Crippen LogP contribution is 1.96. The molecular formula is C7H14N2O2. The molecule has 1 unspecified atom stereocenters. The average molecular weight is 158 g/mol. The minimum absolute atomic E-state index is 0.0422. The van der Waals surface area contributed by atoms with E-state index in [1.807, 2.05) is 0 Å². The molecule has 0 aromatic heterocycles. The molecule has 0 radical (unpaired) electrons. The molecule has 1 fully saturated rings. The van der Waals surface area contributed by atoms with Crippen LogP contribution in [-0.4, -0.2) is 38.8 Å². The molecule has 4 nitrogen and oxygen atoms in total. The third-order valence-electron chi connectivity index (χ3n) is 1.69. The molecule has 1 atom stereocenters. The maximum atomic E-state index is 11.0. The summed E-state index contributed by atoms with van der Waals surface area (Å²) in [7, 11) is 1.62. The molecule has 0 aromatic rings. The zero-order valence-corrected chi connectivity index (χ0v) is 6.72. The van der Waals surface area contributed by atoms with Crippen LogP contribution in [0.5, 0.6) is 0 Å². The highest BCUT2D eigenvalue weighted by Gasteiger charge is 2.18. The van der Waals surface area contributed by atoms with E-state index in [0.29, 0.717) is 13.2 Å². The highest BCUT2D eigenvalue weighted by molar-refractivity contribution is 5.80. The summed E-state index contributed by atoms with van der Waals surface area (Å²) < 4.78 is 5.28. The third-order valence-corrected chi connectivity index (χ3v) is 1.69. The van der Waals surface area contributed by atoms with Gasteiger partial charge in [-0.3, -0.25) is 4.79 Å². The fourth-order valence-corrected chi connectivity index (χ4v) is 1.04. The number of hydrogen-bond acceptors (Lipinski definition) is 3. The first-order chi connectivity index (χ1) is 5.34. The van der Waals surface area contributed by atoms with Gasteiger partial charge in [0.25, 0.3) is 0 Å². The maximum Gasteiger partial charge on any atom is 0.250 e. The molecule has 11 heavy (non-hydrogen) atoms. The first-order valence-corrected chi connectivity index (χ1v) is 3.88. The van der Waals surface area contributed by atoms with Crippen LogP contribution in [0.25, 0.3) is 0 Å². The Balaban J connectivity index is 2.36. The minimum atomic E-state index is -0.303. The zero-order valence-electron chi connectivity index (χ0n) is 6.72. The molecule has 0 saturated carbocycles. The molecule has 0 aliphatic carbocycles. The Morgan fingerprint density at radius 2 is 2.55 bits per heavy atom. The number of nitrogens with one attached hydrogen (secondary N) is 2. The van der Waals surface area contributed by atoms with Gasteiger partial charge in [-0.25, -0.2) is 0 Å². The Kier molecular flexibility index (Phi) is 3.32. The number of hydrogen-bond donors (Lipinski definition) is 2. The second kappa shape index (κ2) is 4.31. The van der Waals surface area contributed by atoms with Crippen molar-refractivity contribution in [2.75, 3.05) is 26.7 Å². The average Bonchev–Trinajstić information content (AvgIpc) is 2.30. The summed E-state index contributed by atoms with van der Waals surface area (Å²) in [4.78, 5) is 11.0. The van der Waals surface area contributed by atoms with Gasteiger partial charge >= 0.3 is 0 Å². The van der Waals surface area contributed by atoms with Crippen molar-refractivity contribution in [3.63, 3.8) is 0 Å². The quantitative estimate of drug-likeness (QED) is 0.520. The van der Waals surface area contributed by atoms with Crippen molar-refractivity contribution in [1.29, 1.82) is 0 Å². The van der Waals surface area contributed by atoms with Crippen molar-refractivity contribution < 1.29 is 9.53 Å². The van der Waals surface area contributed by atoms with Crippen molar-refractivity contribution in [3.8, 4) is 0 Å². The normalized spacial score (nSPS) is 25.7. The Hall–Kier alpha value is -0.610. The topological polar surface area (TPSA) is 50.4 Å². The van der Waals surface area contributed by atoms with Gasteiger partial charge in [-0.1, -0.05) is 0 Å². The van der Waals surface area contributed by atoms with Gasteiger partial charge in [0.2, 0.25) is 5.91 Å². The Morgan fingerprint density at radius 1 is 1.73 bits per heavy atom. The Labute approximate surface area is 66.3 Å². The lowest BCUT2D eigenvalue weighted by Gasteiger charge is -2.12. The summed E-state index contributed by atoms with van der Waals surface area (Å²) in [6.45, 7) is 2.23. The molecule has 1 amide bonds. The zero-order chi connectivity index (χ0) is 8.10. The van der Waals surface area contributed by atoms with E-state index in [1.54, 1.807) is 7.05 Å². The Bertz CT molecular complexity index is 130. The highest BCUT2D eigenvalue weighted by atomic mass is 16.5. The summed E-state index contributed by atoms with van der Waals surface area (Å²) in [5.74, 6) is -0.0422. The van der Waals surface area contributed by atoms with Crippen molar-refractivity contribution in [3.05, 3.63) is 0 Å². The van der Waals surface area contributed by atoms with Gasteiger partial charge in [0.05, 0.1) is 0 Å². The molecule has 0 spiro atoms. The third kappa shape index (κ3) is 2.48. The van der Waals surface area contributed by atoms with Crippen LogP contribution < -0.4 is 10.6 Å². The SMILES string of the molecule is CNC(=O)C1CNCCCO1. The van der Waals surface area contributed by atoms with Crippen LogP contribution in [0.1, 0.15) is 6.42 Å². The van der Waals surface area contributed by atoms with E-state index in [-0.39, 0.29) is 12.0 Å². The number of ether oxygens (including phenoxy) is 1. The predicted octanol–water partition coefficient (Wildman–Crippen LogP) is -0.889. The fraction of sp³-hybridized carbons (Fsp3) is 0.857. The van der Waals surface area contributed by atoms with E-state index in [1.165, 1.54) is 0 Å². The van der Waals surface area contributed by atoms with E-state index in [9.17, 15) is 4.79 Å². The second-order valence-electron chi connectivity index (χ2n) is 2.53. The van der Waals surface area contributed by atoms with E-state index >= 15 is 0 Å². The van der Waals surface area contributed by atoms with Crippen LogP contribution in [-0.2, 0) is 9.53 Å². The van der Waals surface area contributed by atoms with Crippen LogP contribution in [0.2, 0.25) is 0 Å². The van der Waals surface area contributed by atoms with Crippen LogP contribution in [0.15, 0.2) is 0 Å². The van der Waals surface area contributed by atoms with E-state index in [2.05, 4.69) is 10.6 Å². The largest absolute Gasteiger partial charge is 0.367 e. The monoisotopic (exact) mass is 158 g/mol.